The van der Waals surface area contributed by atoms with Crippen molar-refractivity contribution >= 4 is 16.4 Å². The van der Waals surface area contributed by atoms with Crippen LogP contribution in [0.2, 0.25) is 0 Å². The van der Waals surface area contributed by atoms with Gasteiger partial charge in [0.15, 0.2) is 0 Å². The van der Waals surface area contributed by atoms with Crippen molar-refractivity contribution in [2.75, 3.05) is 14.1 Å². The molecule has 0 aliphatic heterocycles. The minimum atomic E-state index is -5.13. The van der Waals surface area contributed by atoms with E-state index < -0.39 is 38.4 Å². The van der Waals surface area contributed by atoms with Crippen LogP contribution in [-0.4, -0.2) is 33.8 Å². The molecule has 0 N–H and O–H groups in total. The van der Waals surface area contributed by atoms with Gasteiger partial charge in [-0.15, -0.1) is 4.40 Å². The van der Waals surface area contributed by atoms with Gasteiger partial charge in [0.25, 0.3) is 10.0 Å². The van der Waals surface area contributed by atoms with Gasteiger partial charge in [0.1, 0.15) is 6.34 Å². The fraction of sp³-hybridized carbons (Fsp3) is 0.364. The van der Waals surface area contributed by atoms with Crippen LogP contribution in [-0.2, 0) is 22.4 Å². The molecule has 1 aromatic carbocycles. The van der Waals surface area contributed by atoms with E-state index in [2.05, 4.69) is 4.40 Å². The Morgan fingerprint density at radius 3 is 1.68 bits per heavy atom. The molecule has 0 aliphatic carbocycles. The third kappa shape index (κ3) is 4.61. The van der Waals surface area contributed by atoms with Gasteiger partial charge in [0, 0.05) is 14.1 Å². The minimum Gasteiger partial charge on any atom is -0.368 e. The smallest absolute Gasteiger partial charge is 0.368 e. The summed E-state index contributed by atoms with van der Waals surface area (Å²) in [7, 11) is -1.93. The van der Waals surface area contributed by atoms with Crippen molar-refractivity contribution in [1.29, 1.82) is 0 Å². The van der Waals surface area contributed by atoms with Crippen LogP contribution >= 0.6 is 0 Å². The van der Waals surface area contributed by atoms with Crippen LogP contribution in [0.25, 0.3) is 0 Å². The summed E-state index contributed by atoms with van der Waals surface area (Å²) in [4.78, 5) is -0.0247. The molecule has 0 saturated heterocycles. The maximum Gasteiger partial charge on any atom is 0.416 e. The maximum absolute atomic E-state index is 12.6. The van der Waals surface area contributed by atoms with Crippen molar-refractivity contribution in [3.05, 3.63) is 29.3 Å². The molecule has 0 bridgehead atoms. The second-order valence-corrected chi connectivity index (χ2v) is 6.03. The summed E-state index contributed by atoms with van der Waals surface area (Å²) in [5.41, 5.74) is -3.44. The Morgan fingerprint density at radius 1 is 0.955 bits per heavy atom. The molecule has 11 heteroatoms. The zero-order valence-corrected chi connectivity index (χ0v) is 12.0. The van der Waals surface area contributed by atoms with Crippen LogP contribution in [0.15, 0.2) is 27.5 Å². The van der Waals surface area contributed by atoms with E-state index in [4.69, 9.17) is 0 Å². The van der Waals surface area contributed by atoms with Gasteiger partial charge in [-0.1, -0.05) is 0 Å². The predicted molar refractivity (Wildman–Crippen MR) is 65.8 cm³/mol. The van der Waals surface area contributed by atoms with Gasteiger partial charge >= 0.3 is 12.4 Å². The zero-order chi connectivity index (χ0) is 17.3. The minimum absolute atomic E-state index is 0.109. The number of sulfonamides is 1. The second-order valence-electron chi connectivity index (χ2n) is 4.40. The van der Waals surface area contributed by atoms with Crippen LogP contribution in [0.3, 0.4) is 0 Å². The van der Waals surface area contributed by atoms with Gasteiger partial charge < -0.3 is 4.90 Å². The first-order chi connectivity index (χ1) is 9.73. The molecule has 1 rings (SSSR count). The molecule has 124 valence electrons. The van der Waals surface area contributed by atoms with Gasteiger partial charge in [-0.25, -0.2) is 0 Å². The molecule has 0 atom stereocenters. The lowest BCUT2D eigenvalue weighted by Gasteiger charge is -2.13. The molecule has 0 heterocycles. The molecule has 0 radical (unpaired) electrons. The first kappa shape index (κ1) is 18.3. The summed E-state index contributed by atoms with van der Waals surface area (Å²) in [6.07, 6.45) is -9.50. The van der Waals surface area contributed by atoms with Gasteiger partial charge in [-0.2, -0.15) is 34.8 Å². The summed E-state index contributed by atoms with van der Waals surface area (Å²) >= 11 is 0. The Bertz CT molecular complexity index is 645. The summed E-state index contributed by atoms with van der Waals surface area (Å²) < 4.78 is 102. The topological polar surface area (TPSA) is 49.7 Å². The molecule has 0 spiro atoms. The monoisotopic (exact) mass is 348 g/mol. The van der Waals surface area contributed by atoms with E-state index in [1.54, 1.807) is 0 Å². The zero-order valence-electron chi connectivity index (χ0n) is 11.2. The van der Waals surface area contributed by atoms with E-state index in [0.29, 0.717) is 0 Å². The standard InChI is InChI=1S/C11H10F6N2O2S/c1-19(2)6-18-22(20,21)9-4-7(10(12,13)14)3-8(5-9)11(15,16)17/h3-6H,1-2H3. The number of nitrogens with zero attached hydrogens (tertiary/aromatic N) is 2. The van der Waals surface area contributed by atoms with E-state index in [-0.39, 0.29) is 18.2 Å². The highest BCUT2D eigenvalue weighted by Crippen LogP contribution is 2.37. The largest absolute Gasteiger partial charge is 0.416 e. The average molecular weight is 348 g/mol. The van der Waals surface area contributed by atoms with Gasteiger partial charge in [-0.3, -0.25) is 0 Å². The molecule has 0 fully saturated rings. The van der Waals surface area contributed by atoms with Crippen LogP contribution in [0.4, 0.5) is 26.3 Å². The van der Waals surface area contributed by atoms with Crippen LogP contribution in [0.5, 0.6) is 0 Å². The van der Waals surface area contributed by atoms with E-state index in [1.165, 1.54) is 14.1 Å². The van der Waals surface area contributed by atoms with Crippen molar-refractivity contribution in [1.82, 2.24) is 4.90 Å². The number of rotatable bonds is 3. The Morgan fingerprint density at radius 2 is 1.36 bits per heavy atom. The van der Waals surface area contributed by atoms with Gasteiger partial charge in [0.05, 0.1) is 16.0 Å². The lowest BCUT2D eigenvalue weighted by atomic mass is 10.1. The molecule has 0 amide bonds. The molecule has 22 heavy (non-hydrogen) atoms. The van der Waals surface area contributed by atoms with Gasteiger partial charge in [-0.05, 0) is 18.2 Å². The first-order valence-electron chi connectivity index (χ1n) is 5.50. The molecule has 0 aromatic heterocycles. The number of halogens is 6. The van der Waals surface area contributed by atoms with Crippen molar-refractivity contribution in [2.24, 2.45) is 4.40 Å². The quantitative estimate of drug-likeness (QED) is 0.479. The van der Waals surface area contributed by atoms with Crippen LogP contribution in [0, 0.1) is 0 Å². The highest BCUT2D eigenvalue weighted by molar-refractivity contribution is 7.90. The number of hydrogen-bond acceptors (Lipinski definition) is 2. The second kappa shape index (κ2) is 5.78. The van der Waals surface area contributed by atoms with Gasteiger partial charge in [0.2, 0.25) is 0 Å². The third-order valence-corrected chi connectivity index (χ3v) is 3.48. The number of alkyl halides is 6. The molecule has 0 saturated carbocycles. The molecule has 4 nitrogen and oxygen atoms in total. The summed E-state index contributed by atoms with van der Waals surface area (Å²) in [5, 5.41) is 0. The highest BCUT2D eigenvalue weighted by atomic mass is 32.2. The Hall–Kier alpha value is -1.78. The summed E-state index contributed by atoms with van der Waals surface area (Å²) in [6.45, 7) is 0. The highest BCUT2D eigenvalue weighted by Gasteiger charge is 2.38. The van der Waals surface area contributed by atoms with E-state index in [1.807, 2.05) is 0 Å². The normalized spacial score (nSPS) is 13.6. The molecular formula is C11H10F6N2O2S. The first-order valence-corrected chi connectivity index (χ1v) is 6.94. The van der Waals surface area contributed by atoms with E-state index >= 15 is 0 Å². The van der Waals surface area contributed by atoms with Crippen molar-refractivity contribution in [3.8, 4) is 0 Å². The number of benzene rings is 1. The molecule has 0 unspecified atom stereocenters. The Labute approximate surface area is 122 Å². The fourth-order valence-corrected chi connectivity index (χ4v) is 2.28. The molecular weight excluding hydrogens is 338 g/mol. The maximum atomic E-state index is 12.6. The SMILES string of the molecule is CN(C)C=NS(=O)(=O)c1cc(C(F)(F)F)cc(C(F)(F)F)c1. The number of hydrogen-bond donors (Lipinski definition) is 0. The summed E-state index contributed by atoms with van der Waals surface area (Å²) in [6, 6.07) is 0.0594. The van der Waals surface area contributed by atoms with Crippen LogP contribution < -0.4 is 0 Å². The third-order valence-electron chi connectivity index (χ3n) is 2.28. The lowest BCUT2D eigenvalue weighted by Crippen LogP contribution is -2.14. The lowest BCUT2D eigenvalue weighted by molar-refractivity contribution is -0.143. The summed E-state index contributed by atoms with van der Waals surface area (Å²) in [5.74, 6) is 0. The van der Waals surface area contributed by atoms with Crippen molar-refractivity contribution < 1.29 is 34.8 Å². The van der Waals surface area contributed by atoms with E-state index in [0.717, 1.165) is 11.2 Å². The van der Waals surface area contributed by atoms with Crippen molar-refractivity contribution in [2.45, 2.75) is 17.2 Å². The predicted octanol–water partition coefficient (Wildman–Crippen LogP) is 3.00. The van der Waals surface area contributed by atoms with Crippen LogP contribution in [0.1, 0.15) is 11.1 Å². The Balaban J connectivity index is 3.55. The van der Waals surface area contributed by atoms with E-state index in [9.17, 15) is 34.8 Å². The van der Waals surface area contributed by atoms with Crippen molar-refractivity contribution in [3.63, 3.8) is 0 Å². The molecule has 0 aliphatic rings. The molecule has 1 aromatic rings. The average Bonchev–Trinajstić information content (AvgIpc) is 2.34. The fourth-order valence-electron chi connectivity index (χ4n) is 1.29. The Kier molecular flexibility index (Phi) is 4.80.